The van der Waals surface area contributed by atoms with Crippen LogP contribution in [0.3, 0.4) is 0 Å². The zero-order valence-electron chi connectivity index (χ0n) is 15.3. The largest absolute Gasteiger partial charge is 0.383 e. The zero-order valence-corrected chi connectivity index (χ0v) is 18.5. The Hall–Kier alpha value is -2.51. The van der Waals surface area contributed by atoms with Gasteiger partial charge in [-0.1, -0.05) is 44.0 Å². The molecule has 4 aromatic rings. The van der Waals surface area contributed by atoms with Crippen molar-refractivity contribution in [3.63, 3.8) is 0 Å². The number of nitrogens with two attached hydrogens (primary N) is 1. The van der Waals surface area contributed by atoms with Gasteiger partial charge in [0.05, 0.1) is 11.1 Å². The summed E-state index contributed by atoms with van der Waals surface area (Å²) in [7, 11) is 4.03. The molecule has 2 aromatic carbocycles. The molecule has 0 aliphatic rings. The monoisotopic (exact) mass is 497 g/mol. The average Bonchev–Trinajstić information content (AvgIpc) is 2.67. The van der Waals surface area contributed by atoms with Gasteiger partial charge in [-0.2, -0.15) is 0 Å². The maximum Gasteiger partial charge on any atom is 0.165 e. The van der Waals surface area contributed by atoms with Gasteiger partial charge in [-0.3, -0.25) is 0 Å². The molecule has 7 heteroatoms. The van der Waals surface area contributed by atoms with Crippen molar-refractivity contribution in [2.75, 3.05) is 24.7 Å². The molecule has 0 aliphatic carbocycles. The lowest BCUT2D eigenvalue weighted by Gasteiger charge is -2.15. The van der Waals surface area contributed by atoms with Gasteiger partial charge in [-0.05, 0) is 47.5 Å². The van der Waals surface area contributed by atoms with Crippen LogP contribution >= 0.6 is 31.9 Å². The van der Waals surface area contributed by atoms with Crippen molar-refractivity contribution in [3.05, 3.63) is 63.8 Å². The van der Waals surface area contributed by atoms with Crippen molar-refractivity contribution in [2.24, 2.45) is 0 Å². The Morgan fingerprint density at radius 3 is 2.46 bits per heavy atom. The average molecular weight is 499 g/mol. The van der Waals surface area contributed by atoms with Gasteiger partial charge in [0, 0.05) is 34.3 Å². The number of anilines is 2. The SMILES string of the molecule is CN(C)c1ccc(-c2cc(-c3cccc(Br)c3)c3c(N)ncnc3n2)c(Br)c1. The summed E-state index contributed by atoms with van der Waals surface area (Å²) >= 11 is 7.24. The maximum atomic E-state index is 6.19. The molecule has 140 valence electrons. The van der Waals surface area contributed by atoms with Gasteiger partial charge in [0.2, 0.25) is 0 Å². The van der Waals surface area contributed by atoms with E-state index >= 15 is 0 Å². The van der Waals surface area contributed by atoms with Crippen molar-refractivity contribution in [1.29, 1.82) is 0 Å². The minimum Gasteiger partial charge on any atom is -0.383 e. The van der Waals surface area contributed by atoms with E-state index in [1.807, 2.05) is 38.4 Å². The molecule has 0 amide bonds. The Kier molecular flexibility index (Phi) is 5.03. The molecule has 0 radical (unpaired) electrons. The van der Waals surface area contributed by atoms with Crippen molar-refractivity contribution in [2.45, 2.75) is 0 Å². The molecule has 0 aliphatic heterocycles. The Morgan fingerprint density at radius 1 is 0.929 bits per heavy atom. The van der Waals surface area contributed by atoms with Crippen LogP contribution < -0.4 is 10.6 Å². The van der Waals surface area contributed by atoms with E-state index in [1.54, 1.807) is 0 Å². The number of fused-ring (bicyclic) bond motifs is 1. The van der Waals surface area contributed by atoms with Gasteiger partial charge in [-0.15, -0.1) is 0 Å². The normalized spacial score (nSPS) is 11.0. The van der Waals surface area contributed by atoms with Crippen LogP contribution in [0.2, 0.25) is 0 Å². The molecular weight excluding hydrogens is 482 g/mol. The van der Waals surface area contributed by atoms with Crippen LogP contribution in [-0.2, 0) is 0 Å². The predicted octanol–water partition coefficient (Wildman–Crippen LogP) is 5.53. The second-order valence-electron chi connectivity index (χ2n) is 6.58. The Morgan fingerprint density at radius 2 is 1.75 bits per heavy atom. The fourth-order valence-electron chi connectivity index (χ4n) is 3.10. The number of nitrogens with zero attached hydrogens (tertiary/aromatic N) is 4. The number of hydrogen-bond acceptors (Lipinski definition) is 5. The number of benzene rings is 2. The van der Waals surface area contributed by atoms with Crippen LogP contribution in [0.1, 0.15) is 0 Å². The molecule has 5 nitrogen and oxygen atoms in total. The summed E-state index contributed by atoms with van der Waals surface area (Å²) in [5.41, 5.74) is 11.6. The molecule has 0 fully saturated rings. The highest BCUT2D eigenvalue weighted by atomic mass is 79.9. The van der Waals surface area contributed by atoms with Crippen molar-refractivity contribution < 1.29 is 0 Å². The third-order valence-electron chi connectivity index (χ3n) is 4.51. The van der Waals surface area contributed by atoms with Crippen molar-refractivity contribution in [1.82, 2.24) is 15.0 Å². The standard InChI is InChI=1S/C21H17Br2N5/c1-28(2)14-6-7-15(17(23)9-14)18-10-16(12-4-3-5-13(22)8-12)19-20(24)25-11-26-21(19)27-18/h3-11H,1-2H3,(H2,24,25,26,27). The van der Waals surface area contributed by atoms with Gasteiger partial charge in [0.25, 0.3) is 0 Å². The number of pyridine rings is 1. The van der Waals surface area contributed by atoms with E-state index in [-0.39, 0.29) is 0 Å². The Bertz CT molecular complexity index is 1190. The quantitative estimate of drug-likeness (QED) is 0.402. The van der Waals surface area contributed by atoms with Crippen LogP contribution in [-0.4, -0.2) is 29.0 Å². The summed E-state index contributed by atoms with van der Waals surface area (Å²) in [6.07, 6.45) is 1.45. The minimum absolute atomic E-state index is 0.418. The van der Waals surface area contributed by atoms with Gasteiger partial charge < -0.3 is 10.6 Å². The van der Waals surface area contributed by atoms with E-state index in [1.165, 1.54) is 6.33 Å². The first-order chi connectivity index (χ1) is 13.4. The lowest BCUT2D eigenvalue weighted by molar-refractivity contribution is 1.13. The molecular formula is C21H17Br2N5. The molecule has 0 unspecified atom stereocenters. The highest BCUT2D eigenvalue weighted by molar-refractivity contribution is 9.10. The zero-order chi connectivity index (χ0) is 19.8. The Labute approximate surface area is 179 Å². The molecule has 0 bridgehead atoms. The molecule has 2 heterocycles. The fourth-order valence-corrected chi connectivity index (χ4v) is 4.07. The van der Waals surface area contributed by atoms with Crippen molar-refractivity contribution in [3.8, 4) is 22.4 Å². The van der Waals surface area contributed by atoms with Gasteiger partial charge in [-0.25, -0.2) is 15.0 Å². The predicted molar refractivity (Wildman–Crippen MR) is 122 cm³/mol. The smallest absolute Gasteiger partial charge is 0.165 e. The van der Waals surface area contributed by atoms with Crippen molar-refractivity contribution >= 4 is 54.4 Å². The molecule has 28 heavy (non-hydrogen) atoms. The minimum atomic E-state index is 0.418. The van der Waals surface area contributed by atoms with E-state index in [0.29, 0.717) is 11.5 Å². The van der Waals surface area contributed by atoms with Crippen LogP contribution in [0, 0.1) is 0 Å². The summed E-state index contributed by atoms with van der Waals surface area (Å²) in [5, 5.41) is 0.755. The molecule has 2 aromatic heterocycles. The molecule has 0 saturated carbocycles. The van der Waals surface area contributed by atoms with Gasteiger partial charge in [0.1, 0.15) is 12.1 Å². The van der Waals surface area contributed by atoms with E-state index < -0.39 is 0 Å². The summed E-state index contributed by atoms with van der Waals surface area (Å²) < 4.78 is 1.95. The van der Waals surface area contributed by atoms with Crippen LogP contribution in [0.5, 0.6) is 0 Å². The Balaban J connectivity index is 1.99. The molecule has 2 N–H and O–H groups in total. The molecule has 0 atom stereocenters. The first-order valence-electron chi connectivity index (χ1n) is 8.58. The summed E-state index contributed by atoms with van der Waals surface area (Å²) in [6.45, 7) is 0. The number of halogens is 2. The number of rotatable bonds is 3. The number of nitrogen functional groups attached to an aromatic ring is 1. The highest BCUT2D eigenvalue weighted by Gasteiger charge is 2.15. The van der Waals surface area contributed by atoms with E-state index in [4.69, 9.17) is 10.7 Å². The molecule has 0 saturated heterocycles. The lowest BCUT2D eigenvalue weighted by atomic mass is 9.99. The van der Waals surface area contributed by atoms with Crippen LogP contribution in [0.25, 0.3) is 33.4 Å². The second kappa shape index (κ2) is 7.48. The molecule has 4 rings (SSSR count). The third kappa shape index (κ3) is 3.47. The lowest BCUT2D eigenvalue weighted by Crippen LogP contribution is -2.08. The number of hydrogen-bond donors (Lipinski definition) is 1. The summed E-state index contributed by atoms with van der Waals surface area (Å²) in [4.78, 5) is 15.4. The van der Waals surface area contributed by atoms with E-state index in [2.05, 4.69) is 71.0 Å². The van der Waals surface area contributed by atoms with E-state index in [9.17, 15) is 0 Å². The van der Waals surface area contributed by atoms with Crippen LogP contribution in [0.15, 0.2) is 63.8 Å². The topological polar surface area (TPSA) is 67.9 Å². The third-order valence-corrected chi connectivity index (χ3v) is 5.66. The first kappa shape index (κ1) is 18.8. The fraction of sp³-hybridized carbons (Fsp3) is 0.0952. The van der Waals surface area contributed by atoms with Gasteiger partial charge >= 0.3 is 0 Å². The summed E-state index contributed by atoms with van der Waals surface area (Å²) in [6, 6.07) is 16.3. The molecule has 0 spiro atoms. The highest BCUT2D eigenvalue weighted by Crippen LogP contribution is 2.37. The van der Waals surface area contributed by atoms with Crippen LogP contribution in [0.4, 0.5) is 11.5 Å². The number of aromatic nitrogens is 3. The first-order valence-corrected chi connectivity index (χ1v) is 10.2. The second-order valence-corrected chi connectivity index (χ2v) is 8.35. The summed E-state index contributed by atoms with van der Waals surface area (Å²) in [5.74, 6) is 0.418. The van der Waals surface area contributed by atoms with E-state index in [0.717, 1.165) is 42.4 Å². The van der Waals surface area contributed by atoms with Gasteiger partial charge in [0.15, 0.2) is 5.65 Å². The maximum absolute atomic E-state index is 6.19.